The van der Waals surface area contributed by atoms with Crippen molar-refractivity contribution < 1.29 is 45.0 Å². The van der Waals surface area contributed by atoms with Crippen LogP contribution in [0.3, 0.4) is 0 Å². The average Bonchev–Trinajstić information content (AvgIpc) is 2.11. The summed E-state index contributed by atoms with van der Waals surface area (Å²) in [5.41, 5.74) is 0. The molecule has 1 aliphatic rings. The number of carbonyl (C=O) groups excluding carboxylic acids is 1. The molecule has 0 spiro atoms. The monoisotopic (exact) mass is 270 g/mol. The van der Waals surface area contributed by atoms with Gasteiger partial charge in [-0.1, -0.05) is 0 Å². The minimum atomic E-state index is -6.16. The second kappa shape index (κ2) is 3.55. The van der Waals surface area contributed by atoms with Gasteiger partial charge in [0.25, 0.3) is 5.79 Å². The van der Waals surface area contributed by atoms with Crippen LogP contribution in [0.25, 0.3) is 0 Å². The normalized spacial score (nSPS) is 37.9. The Morgan fingerprint density at radius 1 is 1.24 bits per heavy atom. The molecule has 0 aromatic carbocycles. The molecule has 0 aromatic rings. The van der Waals surface area contributed by atoms with Gasteiger partial charge in [-0.15, -0.1) is 0 Å². The Morgan fingerprint density at radius 3 is 2.06 bits per heavy atom. The Labute approximate surface area is 89.5 Å². The van der Waals surface area contributed by atoms with Gasteiger partial charge in [0, 0.05) is 6.92 Å². The molecule has 1 fully saturated rings. The lowest BCUT2D eigenvalue weighted by molar-refractivity contribution is -0.480. The van der Waals surface area contributed by atoms with Gasteiger partial charge in [0.2, 0.25) is 0 Å². The zero-order chi connectivity index (χ0) is 13.7. The van der Waals surface area contributed by atoms with Crippen LogP contribution in [0, 0.1) is 0 Å². The van der Waals surface area contributed by atoms with E-state index in [9.17, 15) is 35.5 Å². The number of alkyl halides is 6. The van der Waals surface area contributed by atoms with Gasteiger partial charge >= 0.3 is 24.0 Å². The third-order valence-electron chi connectivity index (χ3n) is 2.06. The van der Waals surface area contributed by atoms with Gasteiger partial charge < -0.3 is 4.74 Å². The van der Waals surface area contributed by atoms with Crippen molar-refractivity contribution in [2.24, 2.45) is 0 Å². The predicted molar refractivity (Wildman–Crippen MR) is 36.4 cm³/mol. The van der Waals surface area contributed by atoms with E-state index in [4.69, 9.17) is 0 Å². The SMILES string of the molecule is CC1(C(=O)F)OCC(F)(F)C(F)(C(F)(F)F)O1. The topological polar surface area (TPSA) is 35.5 Å². The van der Waals surface area contributed by atoms with Crippen LogP contribution in [0.5, 0.6) is 0 Å². The van der Waals surface area contributed by atoms with E-state index in [2.05, 4.69) is 9.47 Å². The second-order valence-electron chi connectivity index (χ2n) is 3.41. The standard InChI is InChI=1S/C7H5F7O3/c1-4(3(8)15)16-2-5(9,10)6(11,17-4)7(12,13)14/h2H2,1H3. The molecule has 17 heavy (non-hydrogen) atoms. The van der Waals surface area contributed by atoms with Gasteiger partial charge in [0.1, 0.15) is 6.61 Å². The highest BCUT2D eigenvalue weighted by Gasteiger charge is 2.78. The Bertz CT molecular complexity index is 341. The highest BCUT2D eigenvalue weighted by molar-refractivity contribution is 5.76. The van der Waals surface area contributed by atoms with Crippen LogP contribution in [0.1, 0.15) is 6.92 Å². The summed E-state index contributed by atoms with van der Waals surface area (Å²) in [5, 5.41) is 0. The Kier molecular flexibility index (Phi) is 2.95. The second-order valence-corrected chi connectivity index (χ2v) is 3.41. The van der Waals surface area contributed by atoms with Crippen LogP contribution in [-0.2, 0) is 14.3 Å². The number of hydrogen-bond donors (Lipinski definition) is 0. The molecule has 0 radical (unpaired) electrons. The van der Waals surface area contributed by atoms with Crippen LogP contribution in [-0.4, -0.2) is 36.4 Å². The zero-order valence-electron chi connectivity index (χ0n) is 8.08. The lowest BCUT2D eigenvalue weighted by Crippen LogP contribution is -2.68. The molecule has 0 saturated carbocycles. The number of carbonyl (C=O) groups is 1. The van der Waals surface area contributed by atoms with Crippen LogP contribution in [0.2, 0.25) is 0 Å². The van der Waals surface area contributed by atoms with E-state index in [1.54, 1.807) is 0 Å². The van der Waals surface area contributed by atoms with Crippen LogP contribution in [0.15, 0.2) is 0 Å². The third kappa shape index (κ3) is 1.99. The summed E-state index contributed by atoms with van der Waals surface area (Å²) in [6.45, 7) is -1.88. The van der Waals surface area contributed by atoms with Gasteiger partial charge in [-0.2, -0.15) is 30.7 Å². The fourth-order valence-corrected chi connectivity index (χ4v) is 1.06. The van der Waals surface area contributed by atoms with Crippen LogP contribution in [0.4, 0.5) is 30.7 Å². The van der Waals surface area contributed by atoms with Crippen LogP contribution < -0.4 is 0 Å². The lowest BCUT2D eigenvalue weighted by Gasteiger charge is -2.43. The van der Waals surface area contributed by atoms with Gasteiger partial charge in [0.05, 0.1) is 0 Å². The van der Waals surface area contributed by atoms with E-state index < -0.39 is 36.4 Å². The lowest BCUT2D eigenvalue weighted by atomic mass is 10.1. The maximum Gasteiger partial charge on any atom is 0.455 e. The molecule has 0 aliphatic carbocycles. The highest BCUT2D eigenvalue weighted by atomic mass is 19.4. The molecule has 0 bridgehead atoms. The number of hydrogen-bond acceptors (Lipinski definition) is 3. The molecule has 1 heterocycles. The fourth-order valence-electron chi connectivity index (χ4n) is 1.06. The summed E-state index contributed by atoms with van der Waals surface area (Å²) in [5.74, 6) is -13.9. The molecule has 0 amide bonds. The van der Waals surface area contributed by atoms with Gasteiger partial charge in [-0.25, -0.2) is 0 Å². The van der Waals surface area contributed by atoms with Gasteiger partial charge in [-0.3, -0.25) is 9.53 Å². The first kappa shape index (κ1) is 14.2. The molecule has 1 saturated heterocycles. The number of ether oxygens (including phenoxy) is 2. The first-order chi connectivity index (χ1) is 7.36. The molecular weight excluding hydrogens is 265 g/mol. The summed E-state index contributed by atoms with van der Waals surface area (Å²) in [4.78, 5) is 10.3. The minimum Gasteiger partial charge on any atom is -0.335 e. The number of halogens is 7. The van der Waals surface area contributed by atoms with E-state index in [0.717, 1.165) is 0 Å². The molecule has 1 aliphatic heterocycles. The van der Waals surface area contributed by atoms with Crippen molar-refractivity contribution >= 4 is 6.04 Å². The van der Waals surface area contributed by atoms with E-state index in [1.807, 2.05) is 0 Å². The maximum atomic E-state index is 13.2. The summed E-state index contributed by atoms with van der Waals surface area (Å²) in [6.07, 6.45) is -6.16. The Hall–Kier alpha value is -0.900. The first-order valence-corrected chi connectivity index (χ1v) is 4.03. The number of rotatable bonds is 1. The van der Waals surface area contributed by atoms with Gasteiger partial charge in [0.15, 0.2) is 0 Å². The quantitative estimate of drug-likeness (QED) is 0.540. The fraction of sp³-hybridized carbons (Fsp3) is 0.857. The highest BCUT2D eigenvalue weighted by Crippen LogP contribution is 2.51. The summed E-state index contributed by atoms with van der Waals surface area (Å²) < 4.78 is 94.5. The zero-order valence-corrected chi connectivity index (χ0v) is 8.08. The smallest absolute Gasteiger partial charge is 0.335 e. The average molecular weight is 270 g/mol. The Morgan fingerprint density at radius 2 is 1.71 bits per heavy atom. The van der Waals surface area contributed by atoms with E-state index in [1.165, 1.54) is 0 Å². The maximum absolute atomic E-state index is 13.2. The van der Waals surface area contributed by atoms with Crippen molar-refractivity contribution in [3.63, 3.8) is 0 Å². The van der Waals surface area contributed by atoms with Crippen molar-refractivity contribution in [1.29, 1.82) is 0 Å². The van der Waals surface area contributed by atoms with E-state index >= 15 is 0 Å². The molecule has 10 heteroatoms. The third-order valence-corrected chi connectivity index (χ3v) is 2.06. The molecule has 1 rings (SSSR count). The van der Waals surface area contributed by atoms with Crippen molar-refractivity contribution in [1.82, 2.24) is 0 Å². The predicted octanol–water partition coefficient (Wildman–Crippen LogP) is 2.11. The molecule has 2 unspecified atom stereocenters. The van der Waals surface area contributed by atoms with Crippen molar-refractivity contribution in [2.75, 3.05) is 6.61 Å². The van der Waals surface area contributed by atoms with Crippen molar-refractivity contribution in [3.05, 3.63) is 0 Å². The first-order valence-electron chi connectivity index (χ1n) is 4.03. The molecular formula is C7H5F7O3. The summed E-state index contributed by atoms with van der Waals surface area (Å²) in [7, 11) is 0. The van der Waals surface area contributed by atoms with E-state index in [0.29, 0.717) is 0 Å². The molecule has 0 aromatic heterocycles. The van der Waals surface area contributed by atoms with E-state index in [-0.39, 0.29) is 6.92 Å². The Balaban J connectivity index is 3.20. The van der Waals surface area contributed by atoms with Crippen molar-refractivity contribution in [2.45, 2.75) is 30.7 Å². The van der Waals surface area contributed by atoms with Crippen LogP contribution >= 0.6 is 0 Å². The molecule has 2 atom stereocenters. The van der Waals surface area contributed by atoms with Crippen molar-refractivity contribution in [3.8, 4) is 0 Å². The molecule has 0 N–H and O–H groups in total. The molecule has 100 valence electrons. The van der Waals surface area contributed by atoms with Gasteiger partial charge in [-0.05, 0) is 0 Å². The summed E-state index contributed by atoms with van der Waals surface area (Å²) >= 11 is 0. The largest absolute Gasteiger partial charge is 0.455 e. The molecule has 3 nitrogen and oxygen atoms in total. The summed E-state index contributed by atoms with van der Waals surface area (Å²) in [6, 6.07) is -2.65. The minimum absolute atomic E-state index is 0.268.